The number of phenolic OH excluding ortho intramolecular Hbond substituents is 1. The number of benzene rings is 1. The first-order valence-electron chi connectivity index (χ1n) is 11.1. The Morgan fingerprint density at radius 3 is 2.61 bits per heavy atom. The fourth-order valence-electron chi connectivity index (χ4n) is 3.79. The summed E-state index contributed by atoms with van der Waals surface area (Å²) in [5.74, 6) is 1.75. The number of furan rings is 1. The summed E-state index contributed by atoms with van der Waals surface area (Å²) in [5, 5.41) is 17.2. The van der Waals surface area contributed by atoms with Gasteiger partial charge in [-0.2, -0.15) is 13.1 Å². The summed E-state index contributed by atoms with van der Waals surface area (Å²) in [5.41, 5.74) is 1.38. The standard InChI is InChI=1S/C22H29N5O4S2/c1-4-16(18-12-15(13-31-18)14(2)3)23-21-22(26-32-25-21)24-17-8-7-9-19(20(17)28)33(29,30)27-10-5-6-11-27/h7-9,12-14,16,28H,4-6,10-11H2,1-3H3,(H,23,25)(H,24,26)/t16-/m1/s1. The molecule has 1 aliphatic rings. The van der Waals surface area contributed by atoms with Crippen molar-refractivity contribution in [2.45, 2.75) is 56.9 Å². The van der Waals surface area contributed by atoms with Gasteiger partial charge in [0.25, 0.3) is 0 Å². The van der Waals surface area contributed by atoms with E-state index in [0.717, 1.165) is 42.3 Å². The van der Waals surface area contributed by atoms with Crippen LogP contribution in [0.4, 0.5) is 17.3 Å². The fraction of sp³-hybridized carbons (Fsp3) is 0.455. The Hall–Kier alpha value is -2.63. The van der Waals surface area contributed by atoms with Gasteiger partial charge in [0.15, 0.2) is 17.4 Å². The summed E-state index contributed by atoms with van der Waals surface area (Å²) in [7, 11) is -3.76. The monoisotopic (exact) mass is 491 g/mol. The predicted octanol–water partition coefficient (Wildman–Crippen LogP) is 5.05. The van der Waals surface area contributed by atoms with Gasteiger partial charge in [0.05, 0.1) is 29.7 Å². The number of nitrogens with zero attached hydrogens (tertiary/aromatic N) is 3. The lowest BCUT2D eigenvalue weighted by molar-refractivity contribution is 0.445. The Morgan fingerprint density at radius 2 is 1.94 bits per heavy atom. The van der Waals surface area contributed by atoms with Crippen molar-refractivity contribution in [2.24, 2.45) is 0 Å². The molecule has 3 N–H and O–H groups in total. The van der Waals surface area contributed by atoms with Crippen LogP contribution in [0.1, 0.15) is 63.3 Å². The van der Waals surface area contributed by atoms with E-state index >= 15 is 0 Å². The molecule has 0 saturated carbocycles. The van der Waals surface area contributed by atoms with Crippen LogP contribution in [0, 0.1) is 0 Å². The van der Waals surface area contributed by atoms with Crippen LogP contribution in [0.5, 0.6) is 5.75 Å². The van der Waals surface area contributed by atoms with E-state index in [1.54, 1.807) is 18.4 Å². The van der Waals surface area contributed by atoms with Gasteiger partial charge in [-0.25, -0.2) is 8.42 Å². The molecule has 4 rings (SSSR count). The maximum Gasteiger partial charge on any atom is 0.246 e. The molecular formula is C22H29N5O4S2. The molecule has 0 amide bonds. The first kappa shape index (κ1) is 23.5. The molecule has 0 unspecified atom stereocenters. The Labute approximate surface area is 198 Å². The van der Waals surface area contributed by atoms with Crippen molar-refractivity contribution >= 4 is 39.1 Å². The van der Waals surface area contributed by atoms with Crippen molar-refractivity contribution in [3.63, 3.8) is 0 Å². The summed E-state index contributed by atoms with van der Waals surface area (Å²) in [6.07, 6.45) is 4.18. The van der Waals surface area contributed by atoms with Gasteiger partial charge in [-0.1, -0.05) is 26.8 Å². The second kappa shape index (κ2) is 9.70. The minimum atomic E-state index is -3.76. The lowest BCUT2D eigenvalue weighted by Crippen LogP contribution is -2.28. The first-order chi connectivity index (χ1) is 15.8. The minimum absolute atomic E-state index is 0.113. The molecular weight excluding hydrogens is 462 g/mol. The third kappa shape index (κ3) is 4.85. The van der Waals surface area contributed by atoms with Gasteiger partial charge in [-0.3, -0.25) is 0 Å². The van der Waals surface area contributed by atoms with E-state index in [9.17, 15) is 13.5 Å². The number of aromatic hydroxyl groups is 1. The Bertz CT molecular complexity index is 1200. The van der Waals surface area contributed by atoms with Gasteiger partial charge in [0.1, 0.15) is 10.7 Å². The van der Waals surface area contributed by atoms with Gasteiger partial charge in [0.2, 0.25) is 10.0 Å². The van der Waals surface area contributed by atoms with Crippen molar-refractivity contribution in [3.05, 3.63) is 41.9 Å². The highest BCUT2D eigenvalue weighted by Crippen LogP contribution is 2.37. The number of anilines is 3. The van der Waals surface area contributed by atoms with E-state index in [4.69, 9.17) is 4.42 Å². The van der Waals surface area contributed by atoms with Crippen molar-refractivity contribution < 1.29 is 17.9 Å². The molecule has 11 heteroatoms. The number of sulfonamides is 1. The van der Waals surface area contributed by atoms with Crippen LogP contribution in [0.25, 0.3) is 0 Å². The molecule has 0 aliphatic carbocycles. The van der Waals surface area contributed by atoms with Crippen LogP contribution in [0.2, 0.25) is 0 Å². The molecule has 9 nitrogen and oxygen atoms in total. The van der Waals surface area contributed by atoms with Crippen LogP contribution < -0.4 is 10.6 Å². The van der Waals surface area contributed by atoms with Crippen molar-refractivity contribution in [3.8, 4) is 5.75 Å². The summed E-state index contributed by atoms with van der Waals surface area (Å²) < 4.78 is 41.7. The second-order valence-electron chi connectivity index (χ2n) is 8.39. The zero-order valence-corrected chi connectivity index (χ0v) is 20.5. The van der Waals surface area contributed by atoms with Crippen LogP contribution >= 0.6 is 11.7 Å². The number of para-hydroxylation sites is 1. The Morgan fingerprint density at radius 1 is 1.21 bits per heavy atom. The van der Waals surface area contributed by atoms with Gasteiger partial charge < -0.3 is 20.2 Å². The average molecular weight is 492 g/mol. The van der Waals surface area contributed by atoms with E-state index in [-0.39, 0.29) is 22.4 Å². The highest BCUT2D eigenvalue weighted by molar-refractivity contribution is 7.89. The van der Waals surface area contributed by atoms with Gasteiger partial charge in [-0.05, 0) is 48.9 Å². The molecule has 1 saturated heterocycles. The number of phenols is 1. The average Bonchev–Trinajstić information content (AvgIpc) is 3.55. The van der Waals surface area contributed by atoms with Gasteiger partial charge in [0, 0.05) is 13.1 Å². The van der Waals surface area contributed by atoms with Crippen LogP contribution in [-0.2, 0) is 10.0 Å². The lowest BCUT2D eigenvalue weighted by Gasteiger charge is -2.18. The maximum atomic E-state index is 13.0. The molecule has 1 aliphatic heterocycles. The Kier molecular flexibility index (Phi) is 6.91. The highest BCUT2D eigenvalue weighted by Gasteiger charge is 2.30. The molecule has 3 heterocycles. The molecule has 2 aromatic heterocycles. The third-order valence-corrected chi connectivity index (χ3v) is 8.25. The summed E-state index contributed by atoms with van der Waals surface area (Å²) >= 11 is 1.02. The summed E-state index contributed by atoms with van der Waals surface area (Å²) in [4.78, 5) is -0.115. The lowest BCUT2D eigenvalue weighted by atomic mass is 10.1. The zero-order chi connectivity index (χ0) is 23.6. The summed E-state index contributed by atoms with van der Waals surface area (Å²) in [6, 6.07) is 6.56. The number of nitrogens with one attached hydrogen (secondary N) is 2. The largest absolute Gasteiger partial charge is 0.504 e. The van der Waals surface area contributed by atoms with E-state index < -0.39 is 10.0 Å². The summed E-state index contributed by atoms with van der Waals surface area (Å²) in [6.45, 7) is 7.20. The molecule has 0 bridgehead atoms. The van der Waals surface area contributed by atoms with E-state index in [2.05, 4.69) is 33.2 Å². The maximum absolute atomic E-state index is 13.0. The van der Waals surface area contributed by atoms with Crippen LogP contribution in [0.3, 0.4) is 0 Å². The predicted molar refractivity (Wildman–Crippen MR) is 129 cm³/mol. The fourth-order valence-corrected chi connectivity index (χ4v) is 5.88. The number of hydrogen-bond donors (Lipinski definition) is 3. The molecule has 1 aromatic carbocycles. The highest BCUT2D eigenvalue weighted by atomic mass is 32.2. The van der Waals surface area contributed by atoms with E-state index in [1.807, 2.05) is 13.0 Å². The van der Waals surface area contributed by atoms with Crippen LogP contribution in [0.15, 0.2) is 39.8 Å². The molecule has 0 spiro atoms. The SMILES string of the molecule is CC[C@@H](Nc1nsnc1Nc1cccc(S(=O)(=O)N2CCCC2)c1O)c1cc(C(C)C)co1. The van der Waals surface area contributed by atoms with Crippen molar-refractivity contribution in [1.82, 2.24) is 13.1 Å². The normalized spacial score (nSPS) is 15.8. The number of rotatable bonds is 9. The molecule has 1 fully saturated rings. The van der Waals surface area contributed by atoms with Gasteiger partial charge >= 0.3 is 0 Å². The zero-order valence-electron chi connectivity index (χ0n) is 18.9. The van der Waals surface area contributed by atoms with Crippen molar-refractivity contribution in [1.29, 1.82) is 0 Å². The number of hydrogen-bond acceptors (Lipinski definition) is 9. The first-order valence-corrected chi connectivity index (χ1v) is 13.2. The van der Waals surface area contributed by atoms with E-state index in [0.29, 0.717) is 30.6 Å². The van der Waals surface area contributed by atoms with Crippen molar-refractivity contribution in [2.75, 3.05) is 23.7 Å². The van der Waals surface area contributed by atoms with Gasteiger partial charge in [-0.15, -0.1) is 0 Å². The topological polar surface area (TPSA) is 121 Å². The quantitative estimate of drug-likeness (QED) is 0.356. The molecule has 33 heavy (non-hydrogen) atoms. The smallest absolute Gasteiger partial charge is 0.246 e. The third-order valence-electron chi connectivity index (χ3n) is 5.79. The Balaban J connectivity index is 1.56. The van der Waals surface area contributed by atoms with E-state index in [1.165, 1.54) is 10.4 Å². The second-order valence-corrected chi connectivity index (χ2v) is 10.8. The minimum Gasteiger partial charge on any atom is -0.504 e. The molecule has 1 atom stereocenters. The number of aromatic nitrogens is 2. The molecule has 0 radical (unpaired) electrons. The van der Waals surface area contributed by atoms with Crippen LogP contribution in [-0.4, -0.2) is 39.7 Å². The molecule has 178 valence electrons. The molecule has 3 aromatic rings.